The molecule has 0 aliphatic carbocycles. The van der Waals surface area contributed by atoms with Crippen molar-refractivity contribution in [3.63, 3.8) is 0 Å². The van der Waals surface area contributed by atoms with Gasteiger partial charge in [-0.1, -0.05) is 74.0 Å². The Bertz CT molecular complexity index is 1490. The van der Waals surface area contributed by atoms with Gasteiger partial charge < -0.3 is 10.4 Å². The molecule has 1 aliphatic heterocycles. The predicted octanol–water partition coefficient (Wildman–Crippen LogP) is 5.66. The number of carboxylic acid groups (broad SMARTS) is 1. The molecule has 1 aliphatic rings. The summed E-state index contributed by atoms with van der Waals surface area (Å²) in [5.74, 6) is -2.12. The van der Waals surface area contributed by atoms with Crippen LogP contribution in [0.1, 0.15) is 66.1 Å². The third-order valence-electron chi connectivity index (χ3n) is 8.22. The molecule has 3 atom stereocenters. The van der Waals surface area contributed by atoms with Gasteiger partial charge in [0.05, 0.1) is 5.75 Å². The SMILES string of the molecule is CCC[C@H]1CC[C@H](Cc2ccccc2)N1Cc1ccc(C(=O)N[C@@H](CCS(C)(=O)=O)C(=O)O)c(-c2ccccc2C)c1. The number of rotatable bonds is 13. The minimum atomic E-state index is -3.38. The third kappa shape index (κ3) is 8.29. The highest BCUT2D eigenvalue weighted by Crippen LogP contribution is 2.33. The highest BCUT2D eigenvalue weighted by molar-refractivity contribution is 7.90. The number of hydrogen-bond acceptors (Lipinski definition) is 5. The fourth-order valence-corrected chi connectivity index (χ4v) is 6.71. The van der Waals surface area contributed by atoms with Gasteiger partial charge in [0.2, 0.25) is 0 Å². The van der Waals surface area contributed by atoms with E-state index in [-0.39, 0.29) is 12.2 Å². The molecule has 0 saturated carbocycles. The zero-order valence-corrected chi connectivity index (χ0v) is 25.6. The Kier molecular flexibility index (Phi) is 10.6. The van der Waals surface area contributed by atoms with Crippen LogP contribution in [0.2, 0.25) is 0 Å². The smallest absolute Gasteiger partial charge is 0.326 e. The Morgan fingerprint density at radius 3 is 2.31 bits per heavy atom. The summed E-state index contributed by atoms with van der Waals surface area (Å²) in [5, 5.41) is 12.3. The van der Waals surface area contributed by atoms with Gasteiger partial charge >= 0.3 is 5.97 Å². The molecule has 2 N–H and O–H groups in total. The van der Waals surface area contributed by atoms with Crippen molar-refractivity contribution in [1.82, 2.24) is 10.2 Å². The topological polar surface area (TPSA) is 104 Å². The highest BCUT2D eigenvalue weighted by Gasteiger charge is 2.33. The van der Waals surface area contributed by atoms with Gasteiger partial charge in [0.1, 0.15) is 15.9 Å². The van der Waals surface area contributed by atoms with Gasteiger partial charge in [-0.2, -0.15) is 0 Å². The van der Waals surface area contributed by atoms with E-state index in [1.54, 1.807) is 6.07 Å². The first-order valence-electron chi connectivity index (χ1n) is 14.8. The second-order valence-corrected chi connectivity index (χ2v) is 13.8. The lowest BCUT2D eigenvalue weighted by Gasteiger charge is -2.31. The van der Waals surface area contributed by atoms with E-state index in [9.17, 15) is 23.1 Å². The summed E-state index contributed by atoms with van der Waals surface area (Å²) in [6.07, 6.45) is 6.43. The van der Waals surface area contributed by atoms with Crippen LogP contribution in [0, 0.1) is 6.92 Å². The van der Waals surface area contributed by atoms with Crippen LogP contribution in [0.15, 0.2) is 72.8 Å². The lowest BCUT2D eigenvalue weighted by Crippen LogP contribution is -2.42. The zero-order chi connectivity index (χ0) is 30.3. The molecule has 0 unspecified atom stereocenters. The molecule has 1 saturated heterocycles. The maximum absolute atomic E-state index is 13.5. The van der Waals surface area contributed by atoms with E-state index < -0.39 is 27.8 Å². The number of carbonyl (C=O) groups is 2. The Hall–Kier alpha value is -3.49. The number of carbonyl (C=O) groups excluding carboxylic acids is 1. The van der Waals surface area contributed by atoms with Crippen molar-refractivity contribution in [1.29, 1.82) is 0 Å². The van der Waals surface area contributed by atoms with E-state index in [0.29, 0.717) is 17.6 Å². The van der Waals surface area contributed by atoms with Crippen molar-refractivity contribution in [3.05, 3.63) is 95.1 Å². The summed E-state index contributed by atoms with van der Waals surface area (Å²) >= 11 is 0. The van der Waals surface area contributed by atoms with Crippen LogP contribution >= 0.6 is 0 Å². The number of amides is 1. The number of hydrogen-bond donors (Lipinski definition) is 2. The third-order valence-corrected chi connectivity index (χ3v) is 9.19. The molecule has 224 valence electrons. The molecule has 1 fully saturated rings. The largest absolute Gasteiger partial charge is 0.480 e. The lowest BCUT2D eigenvalue weighted by atomic mass is 9.93. The number of likely N-dealkylation sites (tertiary alicyclic amines) is 1. The molecule has 3 aromatic carbocycles. The van der Waals surface area contributed by atoms with Crippen molar-refractivity contribution < 1.29 is 23.1 Å². The minimum absolute atomic E-state index is 0.200. The van der Waals surface area contributed by atoms with E-state index >= 15 is 0 Å². The lowest BCUT2D eigenvalue weighted by molar-refractivity contribution is -0.139. The summed E-state index contributed by atoms with van der Waals surface area (Å²) < 4.78 is 23.3. The Morgan fingerprint density at radius 1 is 0.952 bits per heavy atom. The van der Waals surface area contributed by atoms with E-state index in [2.05, 4.69) is 47.5 Å². The van der Waals surface area contributed by atoms with Crippen LogP contribution in [-0.4, -0.2) is 60.4 Å². The standard InChI is InChI=1S/C34H42N2O5S/c1-4-10-27-16-17-28(21-25-12-6-5-7-13-25)36(27)23-26-15-18-30(31(22-26)29-14-9-8-11-24(29)2)33(37)35-32(34(38)39)19-20-42(3,40)41/h5-9,11-15,18,22,27-28,32H,4,10,16-17,19-21,23H2,1-3H3,(H,35,37)(H,38,39)/t27-,28+,32-/m0/s1. The van der Waals surface area contributed by atoms with Crippen LogP contribution in [0.5, 0.6) is 0 Å². The fraction of sp³-hybridized carbons (Fsp3) is 0.412. The summed E-state index contributed by atoms with van der Waals surface area (Å²) in [6, 6.07) is 23.9. The number of carboxylic acids is 1. The molecule has 3 aromatic rings. The van der Waals surface area contributed by atoms with Crippen LogP contribution in [0.25, 0.3) is 11.1 Å². The molecular formula is C34H42N2O5S. The number of benzene rings is 3. The van der Waals surface area contributed by atoms with Crippen molar-refractivity contribution in [3.8, 4) is 11.1 Å². The highest BCUT2D eigenvalue weighted by atomic mass is 32.2. The number of sulfone groups is 1. The molecular weight excluding hydrogens is 548 g/mol. The molecule has 4 rings (SSSR count). The number of nitrogens with zero attached hydrogens (tertiary/aromatic N) is 1. The molecule has 0 radical (unpaired) electrons. The quantitative estimate of drug-likeness (QED) is 0.267. The molecule has 7 nitrogen and oxygen atoms in total. The second-order valence-electron chi connectivity index (χ2n) is 11.5. The molecule has 1 heterocycles. The Morgan fingerprint density at radius 2 is 1.64 bits per heavy atom. The summed E-state index contributed by atoms with van der Waals surface area (Å²) in [4.78, 5) is 28.0. The van der Waals surface area contributed by atoms with E-state index in [4.69, 9.17) is 0 Å². The van der Waals surface area contributed by atoms with Gasteiger partial charge in [0, 0.05) is 30.4 Å². The van der Waals surface area contributed by atoms with Crippen LogP contribution < -0.4 is 5.32 Å². The van der Waals surface area contributed by atoms with Gasteiger partial charge in [0.25, 0.3) is 5.91 Å². The van der Waals surface area contributed by atoms with Crippen molar-refractivity contribution >= 4 is 21.7 Å². The summed E-state index contributed by atoms with van der Waals surface area (Å²) in [6.45, 7) is 4.98. The Balaban J connectivity index is 1.65. The molecule has 8 heteroatoms. The van der Waals surface area contributed by atoms with Gasteiger partial charge in [0.15, 0.2) is 0 Å². The van der Waals surface area contributed by atoms with Crippen LogP contribution in [-0.2, 0) is 27.6 Å². The van der Waals surface area contributed by atoms with Gasteiger partial charge in [-0.05, 0) is 79.0 Å². The first-order chi connectivity index (χ1) is 20.1. The average Bonchev–Trinajstić information content (AvgIpc) is 3.31. The van der Waals surface area contributed by atoms with Crippen molar-refractivity contribution in [2.24, 2.45) is 0 Å². The number of aryl methyl sites for hydroxylation is 1. The molecule has 0 spiro atoms. The average molecular weight is 591 g/mol. The second kappa shape index (κ2) is 14.1. The van der Waals surface area contributed by atoms with Gasteiger partial charge in [-0.3, -0.25) is 9.69 Å². The Labute approximate surface area is 249 Å². The molecule has 42 heavy (non-hydrogen) atoms. The first kappa shape index (κ1) is 31.4. The van der Waals surface area contributed by atoms with Crippen LogP contribution in [0.4, 0.5) is 0 Å². The molecule has 0 bridgehead atoms. The fourth-order valence-electron chi connectivity index (χ4n) is 6.04. The molecule has 0 aromatic heterocycles. The van der Waals surface area contributed by atoms with Crippen molar-refractivity contribution in [2.75, 3.05) is 12.0 Å². The van der Waals surface area contributed by atoms with Gasteiger partial charge in [-0.15, -0.1) is 0 Å². The number of nitrogens with one attached hydrogen (secondary N) is 1. The minimum Gasteiger partial charge on any atom is -0.480 e. The maximum Gasteiger partial charge on any atom is 0.326 e. The first-order valence-corrected chi connectivity index (χ1v) is 16.8. The number of aliphatic carboxylic acids is 1. The summed E-state index contributed by atoms with van der Waals surface area (Å²) in [5.41, 5.74) is 5.44. The van der Waals surface area contributed by atoms with E-state index in [1.807, 2.05) is 43.3 Å². The normalized spacial score (nSPS) is 18.1. The predicted molar refractivity (Wildman–Crippen MR) is 167 cm³/mol. The monoisotopic (exact) mass is 590 g/mol. The zero-order valence-electron chi connectivity index (χ0n) is 24.8. The molecule has 1 amide bonds. The van der Waals surface area contributed by atoms with Gasteiger partial charge in [-0.25, -0.2) is 13.2 Å². The van der Waals surface area contributed by atoms with E-state index in [0.717, 1.165) is 60.7 Å². The van der Waals surface area contributed by atoms with E-state index in [1.165, 1.54) is 12.0 Å². The summed E-state index contributed by atoms with van der Waals surface area (Å²) in [7, 11) is -3.38. The van der Waals surface area contributed by atoms with Crippen molar-refractivity contribution in [2.45, 2.75) is 77.0 Å². The van der Waals surface area contributed by atoms with Crippen LogP contribution in [0.3, 0.4) is 0 Å². The maximum atomic E-state index is 13.5.